The minimum atomic E-state index is -3.64. The highest BCUT2D eigenvalue weighted by atomic mass is 32.2. The first kappa shape index (κ1) is 15.7. The second kappa shape index (κ2) is 4.97. The Labute approximate surface area is 122 Å². The normalized spacial score (nSPS) is 22.2. The number of amides is 1. The summed E-state index contributed by atoms with van der Waals surface area (Å²) in [6, 6.07) is 4.38. The van der Waals surface area contributed by atoms with E-state index in [4.69, 9.17) is 5.73 Å². The molecule has 1 aromatic carbocycles. The molecule has 10 heteroatoms. The summed E-state index contributed by atoms with van der Waals surface area (Å²) in [5.41, 5.74) is 4.34. The Morgan fingerprint density at radius 2 is 1.76 bits per heavy atom. The van der Waals surface area contributed by atoms with E-state index in [9.17, 15) is 21.6 Å². The largest absolute Gasteiger partial charge is 0.366 e. The third-order valence-electron chi connectivity index (χ3n) is 3.08. The lowest BCUT2D eigenvalue weighted by molar-refractivity contribution is 0.100. The lowest BCUT2D eigenvalue weighted by Crippen LogP contribution is -2.50. The number of nitrogens with one attached hydrogen (secondary N) is 2. The maximum absolute atomic E-state index is 11.9. The van der Waals surface area contributed by atoms with Gasteiger partial charge in [0.1, 0.15) is 5.37 Å². The summed E-state index contributed by atoms with van der Waals surface area (Å²) in [5.74, 6) is -0.777. The van der Waals surface area contributed by atoms with E-state index in [1.165, 1.54) is 18.2 Å². The number of anilines is 1. The second-order valence-corrected chi connectivity index (χ2v) is 9.13. The summed E-state index contributed by atoms with van der Waals surface area (Å²) in [5, 5.41) is 3.90. The molecule has 0 saturated heterocycles. The maximum atomic E-state index is 11.9. The summed E-state index contributed by atoms with van der Waals surface area (Å²) in [7, 11) is -7.29. The summed E-state index contributed by atoms with van der Waals surface area (Å²) >= 11 is 0. The van der Waals surface area contributed by atoms with Gasteiger partial charge in [0.2, 0.25) is 0 Å². The highest BCUT2D eigenvalue weighted by Gasteiger charge is 2.37. The second-order valence-electron chi connectivity index (χ2n) is 4.86. The Kier molecular flexibility index (Phi) is 3.72. The molecule has 21 heavy (non-hydrogen) atoms. The van der Waals surface area contributed by atoms with E-state index in [2.05, 4.69) is 10.6 Å². The molecule has 1 heterocycles. The Balaban J connectivity index is 2.70. The molecular weight excluding hydrogens is 318 g/mol. The Hall–Kier alpha value is -1.65. The van der Waals surface area contributed by atoms with Crippen molar-refractivity contribution in [3.05, 3.63) is 29.3 Å². The Bertz CT molecular complexity index is 801. The number of benzene rings is 1. The smallest absolute Gasteiger partial charge is 0.250 e. The first-order chi connectivity index (χ1) is 9.51. The zero-order valence-corrected chi connectivity index (χ0v) is 13.0. The van der Waals surface area contributed by atoms with Gasteiger partial charge < -0.3 is 11.1 Å². The fourth-order valence-corrected chi connectivity index (χ4v) is 3.98. The molecular formula is C11H15N3O5S2. The molecule has 1 aliphatic heterocycles. The van der Waals surface area contributed by atoms with Crippen LogP contribution in [0.15, 0.2) is 18.2 Å². The molecule has 0 aliphatic carbocycles. The lowest BCUT2D eigenvalue weighted by atomic mass is 10.0. The number of para-hydroxylation sites is 1. The molecule has 116 valence electrons. The van der Waals surface area contributed by atoms with E-state index in [-0.39, 0.29) is 16.8 Å². The van der Waals surface area contributed by atoms with Crippen molar-refractivity contribution in [2.75, 3.05) is 17.8 Å². The number of hydrogen-bond donors (Lipinski definition) is 3. The van der Waals surface area contributed by atoms with Crippen molar-refractivity contribution in [3.63, 3.8) is 0 Å². The van der Waals surface area contributed by atoms with Gasteiger partial charge in [-0.15, -0.1) is 0 Å². The number of nitrogens with two attached hydrogens (primary N) is 1. The van der Waals surface area contributed by atoms with E-state index in [1.54, 1.807) is 0 Å². The third kappa shape index (κ3) is 3.01. The van der Waals surface area contributed by atoms with Gasteiger partial charge in [0.25, 0.3) is 5.91 Å². The lowest BCUT2D eigenvalue weighted by Gasteiger charge is -2.33. The van der Waals surface area contributed by atoms with Crippen molar-refractivity contribution in [2.45, 2.75) is 10.9 Å². The van der Waals surface area contributed by atoms with Crippen molar-refractivity contribution in [1.29, 1.82) is 0 Å². The average Bonchev–Trinajstić information content (AvgIpc) is 2.34. The minimum Gasteiger partial charge on any atom is -0.366 e. The van der Waals surface area contributed by atoms with Crippen LogP contribution in [-0.4, -0.2) is 40.8 Å². The van der Waals surface area contributed by atoms with Crippen LogP contribution < -0.4 is 16.4 Å². The zero-order chi connectivity index (χ0) is 16.0. The molecule has 2 atom stereocenters. The fourth-order valence-electron chi connectivity index (χ4n) is 2.14. The molecule has 0 fully saturated rings. The third-order valence-corrected chi connectivity index (χ3v) is 5.44. The monoisotopic (exact) mass is 333 g/mol. The molecule has 4 N–H and O–H groups in total. The first-order valence-corrected chi connectivity index (χ1v) is 9.76. The van der Waals surface area contributed by atoms with E-state index in [1.807, 2.05) is 0 Å². The van der Waals surface area contributed by atoms with Crippen LogP contribution in [-0.2, 0) is 19.7 Å². The molecule has 2 rings (SSSR count). The average molecular weight is 333 g/mol. The fraction of sp³-hybridized carbons (Fsp3) is 0.364. The molecule has 2 unspecified atom stereocenters. The van der Waals surface area contributed by atoms with Crippen molar-refractivity contribution in [3.8, 4) is 0 Å². The SMILES string of the molecule is CS(=O)(=O)C1Nc2c(C(N)=O)cccc2C(S(C)(=O)=O)N1. The summed E-state index contributed by atoms with van der Waals surface area (Å²) in [6.45, 7) is 0. The number of fused-ring (bicyclic) bond motifs is 1. The Morgan fingerprint density at radius 1 is 1.14 bits per heavy atom. The van der Waals surface area contributed by atoms with Crippen LogP contribution in [0, 0.1) is 0 Å². The van der Waals surface area contributed by atoms with Gasteiger partial charge >= 0.3 is 0 Å². The van der Waals surface area contributed by atoms with Crippen LogP contribution in [0.4, 0.5) is 5.69 Å². The van der Waals surface area contributed by atoms with Gasteiger partial charge in [-0.25, -0.2) is 16.8 Å². The first-order valence-electron chi connectivity index (χ1n) is 5.85. The molecule has 0 saturated carbocycles. The Morgan fingerprint density at radius 3 is 2.24 bits per heavy atom. The van der Waals surface area contributed by atoms with Gasteiger partial charge in [-0.05, 0) is 6.07 Å². The minimum absolute atomic E-state index is 0.0382. The molecule has 1 amide bonds. The molecule has 0 spiro atoms. The van der Waals surface area contributed by atoms with Crippen molar-refractivity contribution < 1.29 is 21.6 Å². The van der Waals surface area contributed by atoms with Gasteiger partial charge in [0.15, 0.2) is 25.2 Å². The number of primary amides is 1. The number of hydrogen-bond acceptors (Lipinski definition) is 7. The summed E-state index contributed by atoms with van der Waals surface area (Å²) < 4.78 is 47.2. The topological polar surface area (TPSA) is 135 Å². The van der Waals surface area contributed by atoms with E-state index in [0.29, 0.717) is 0 Å². The predicted octanol–water partition coefficient (Wildman–Crippen LogP) is -0.828. The molecule has 0 bridgehead atoms. The van der Waals surface area contributed by atoms with Gasteiger partial charge in [-0.3, -0.25) is 10.1 Å². The zero-order valence-electron chi connectivity index (χ0n) is 11.3. The van der Waals surface area contributed by atoms with Crippen LogP contribution >= 0.6 is 0 Å². The van der Waals surface area contributed by atoms with Gasteiger partial charge in [-0.2, -0.15) is 0 Å². The van der Waals surface area contributed by atoms with Crippen LogP contribution in [0.3, 0.4) is 0 Å². The van der Waals surface area contributed by atoms with Gasteiger partial charge in [0.05, 0.1) is 11.3 Å². The molecule has 1 aliphatic rings. The van der Waals surface area contributed by atoms with E-state index in [0.717, 1.165) is 12.5 Å². The number of carbonyl (C=O) groups excluding carboxylic acids is 1. The molecule has 0 aromatic heterocycles. The van der Waals surface area contributed by atoms with Crippen molar-refractivity contribution in [2.24, 2.45) is 5.73 Å². The molecule has 0 radical (unpaired) electrons. The number of rotatable bonds is 3. The van der Waals surface area contributed by atoms with Crippen molar-refractivity contribution in [1.82, 2.24) is 5.32 Å². The highest BCUT2D eigenvalue weighted by Crippen LogP contribution is 2.34. The molecule has 1 aromatic rings. The highest BCUT2D eigenvalue weighted by molar-refractivity contribution is 7.92. The quantitative estimate of drug-likeness (QED) is 0.657. The van der Waals surface area contributed by atoms with Crippen LogP contribution in [0.25, 0.3) is 0 Å². The number of carbonyl (C=O) groups is 1. The summed E-state index contributed by atoms with van der Waals surface area (Å²) in [4.78, 5) is 11.4. The van der Waals surface area contributed by atoms with E-state index < -0.39 is 36.5 Å². The summed E-state index contributed by atoms with van der Waals surface area (Å²) in [6.07, 6.45) is 1.94. The standard InChI is InChI=1S/C11H15N3O5S2/c1-20(16,17)10-7-5-3-4-6(9(12)15)8(7)13-11(14-10)21(2,18)19/h3-5,10-11,13-14H,1-2H3,(H2,12,15). The number of sulfone groups is 2. The predicted molar refractivity (Wildman–Crippen MR) is 77.9 cm³/mol. The van der Waals surface area contributed by atoms with E-state index >= 15 is 0 Å². The van der Waals surface area contributed by atoms with Gasteiger partial charge in [0, 0.05) is 18.1 Å². The molecule has 8 nitrogen and oxygen atoms in total. The maximum Gasteiger partial charge on any atom is 0.250 e. The van der Waals surface area contributed by atoms with Crippen LogP contribution in [0.1, 0.15) is 21.3 Å². The van der Waals surface area contributed by atoms with Crippen LogP contribution in [0.2, 0.25) is 0 Å². The van der Waals surface area contributed by atoms with Gasteiger partial charge in [-0.1, -0.05) is 12.1 Å². The van der Waals surface area contributed by atoms with Crippen molar-refractivity contribution >= 4 is 31.3 Å². The van der Waals surface area contributed by atoms with Crippen LogP contribution in [0.5, 0.6) is 0 Å².